The van der Waals surface area contributed by atoms with E-state index in [0.717, 1.165) is 23.3 Å². The molecule has 2 aromatic carbocycles. The second-order valence-electron chi connectivity index (χ2n) is 5.86. The number of carboxylic acids is 1. The largest absolute Gasteiger partial charge is 0.487 e. The molecule has 4 heteroatoms. The molecule has 1 aliphatic heterocycles. The number of fused-ring (bicyclic) bond motifs is 1. The van der Waals surface area contributed by atoms with Crippen molar-refractivity contribution < 1.29 is 19.0 Å². The zero-order chi connectivity index (χ0) is 15.2. The van der Waals surface area contributed by atoms with Crippen molar-refractivity contribution in [3.8, 4) is 16.9 Å². The molecule has 0 fully saturated rings. The van der Waals surface area contributed by atoms with Gasteiger partial charge >= 0.3 is 5.97 Å². The molecule has 1 N–H and O–H groups in total. The first-order valence-electron chi connectivity index (χ1n) is 6.71. The first kappa shape index (κ1) is 13.6. The molecule has 3 nitrogen and oxygen atoms in total. The standard InChI is InChI=1S/C17H15FO3/c1-17(2)9-12-7-10(4-6-15(12)21-17)11-3-5-13(16(19)20)14(18)8-11/h3-8H,9H2,1-2H3,(H,19,20). The Morgan fingerprint density at radius 3 is 2.52 bits per heavy atom. The molecule has 21 heavy (non-hydrogen) atoms. The summed E-state index contributed by atoms with van der Waals surface area (Å²) in [6.45, 7) is 4.04. The van der Waals surface area contributed by atoms with Gasteiger partial charge in [-0.1, -0.05) is 12.1 Å². The van der Waals surface area contributed by atoms with Crippen molar-refractivity contribution in [1.82, 2.24) is 0 Å². The molecule has 108 valence electrons. The summed E-state index contributed by atoms with van der Waals surface area (Å²) in [7, 11) is 0. The fourth-order valence-electron chi connectivity index (χ4n) is 2.66. The van der Waals surface area contributed by atoms with Crippen LogP contribution in [0.3, 0.4) is 0 Å². The van der Waals surface area contributed by atoms with E-state index in [9.17, 15) is 9.18 Å². The van der Waals surface area contributed by atoms with Gasteiger partial charge in [-0.05, 0) is 54.8 Å². The number of ether oxygens (including phenoxy) is 1. The third kappa shape index (κ3) is 2.49. The molecule has 0 saturated carbocycles. The number of benzene rings is 2. The van der Waals surface area contributed by atoms with Gasteiger partial charge in [0.05, 0.1) is 5.56 Å². The van der Waals surface area contributed by atoms with Crippen LogP contribution in [0.5, 0.6) is 5.75 Å². The molecule has 0 aromatic heterocycles. The van der Waals surface area contributed by atoms with E-state index >= 15 is 0 Å². The molecule has 2 aromatic rings. The van der Waals surface area contributed by atoms with Crippen LogP contribution in [0.1, 0.15) is 29.8 Å². The fraction of sp³-hybridized carbons (Fsp3) is 0.235. The molecular formula is C17H15FO3. The summed E-state index contributed by atoms with van der Waals surface area (Å²) in [6, 6.07) is 9.87. The maximum absolute atomic E-state index is 13.8. The van der Waals surface area contributed by atoms with Gasteiger partial charge in [-0.2, -0.15) is 0 Å². The van der Waals surface area contributed by atoms with Gasteiger partial charge in [0, 0.05) is 6.42 Å². The molecule has 1 aliphatic rings. The molecule has 0 bridgehead atoms. The summed E-state index contributed by atoms with van der Waals surface area (Å²) in [6.07, 6.45) is 0.797. The number of halogens is 1. The smallest absolute Gasteiger partial charge is 0.338 e. The van der Waals surface area contributed by atoms with Gasteiger partial charge in [0.25, 0.3) is 0 Å². The van der Waals surface area contributed by atoms with Crippen LogP contribution in [-0.4, -0.2) is 16.7 Å². The van der Waals surface area contributed by atoms with Crippen LogP contribution in [-0.2, 0) is 6.42 Å². The minimum absolute atomic E-state index is 0.223. The van der Waals surface area contributed by atoms with Gasteiger partial charge in [-0.25, -0.2) is 9.18 Å². The van der Waals surface area contributed by atoms with Crippen LogP contribution in [0.15, 0.2) is 36.4 Å². The van der Waals surface area contributed by atoms with Gasteiger partial charge < -0.3 is 9.84 Å². The molecule has 0 spiro atoms. The first-order chi connectivity index (χ1) is 9.85. The maximum Gasteiger partial charge on any atom is 0.338 e. The number of hydrogen-bond acceptors (Lipinski definition) is 2. The highest BCUT2D eigenvalue weighted by Crippen LogP contribution is 2.37. The molecule has 0 radical (unpaired) electrons. The van der Waals surface area contributed by atoms with E-state index in [1.165, 1.54) is 12.1 Å². The molecule has 3 rings (SSSR count). The molecule has 0 amide bonds. The van der Waals surface area contributed by atoms with E-state index in [0.29, 0.717) is 5.56 Å². The Morgan fingerprint density at radius 1 is 1.19 bits per heavy atom. The molecule has 1 heterocycles. The lowest BCUT2D eigenvalue weighted by molar-refractivity contribution is 0.0692. The van der Waals surface area contributed by atoms with Crippen LogP contribution in [0, 0.1) is 5.82 Å². The quantitative estimate of drug-likeness (QED) is 0.910. The second-order valence-corrected chi connectivity index (χ2v) is 5.86. The van der Waals surface area contributed by atoms with Gasteiger partial charge in [-0.15, -0.1) is 0 Å². The predicted molar refractivity (Wildman–Crippen MR) is 77.2 cm³/mol. The Kier molecular flexibility index (Phi) is 2.97. The van der Waals surface area contributed by atoms with E-state index in [4.69, 9.17) is 9.84 Å². The van der Waals surface area contributed by atoms with E-state index in [2.05, 4.69) is 0 Å². The molecule has 0 aliphatic carbocycles. The van der Waals surface area contributed by atoms with Crippen molar-refractivity contribution in [3.63, 3.8) is 0 Å². The van der Waals surface area contributed by atoms with Crippen molar-refractivity contribution in [2.45, 2.75) is 25.9 Å². The highest BCUT2D eigenvalue weighted by Gasteiger charge is 2.30. The molecular weight excluding hydrogens is 271 g/mol. The van der Waals surface area contributed by atoms with Crippen LogP contribution < -0.4 is 4.74 Å². The van der Waals surface area contributed by atoms with Crippen molar-refractivity contribution in [2.75, 3.05) is 0 Å². The lowest BCUT2D eigenvalue weighted by Crippen LogP contribution is -2.24. The van der Waals surface area contributed by atoms with Crippen LogP contribution in [0.4, 0.5) is 4.39 Å². The fourth-order valence-corrected chi connectivity index (χ4v) is 2.66. The SMILES string of the molecule is CC1(C)Cc2cc(-c3ccc(C(=O)O)c(F)c3)ccc2O1. The van der Waals surface area contributed by atoms with Crippen LogP contribution >= 0.6 is 0 Å². The lowest BCUT2D eigenvalue weighted by atomic mass is 9.97. The Bertz CT molecular complexity index is 735. The van der Waals surface area contributed by atoms with Gasteiger partial charge in [0.1, 0.15) is 17.2 Å². The zero-order valence-corrected chi connectivity index (χ0v) is 11.8. The minimum Gasteiger partial charge on any atom is -0.487 e. The number of aromatic carboxylic acids is 1. The summed E-state index contributed by atoms with van der Waals surface area (Å²) in [5.41, 5.74) is 2.06. The van der Waals surface area contributed by atoms with Crippen LogP contribution in [0.2, 0.25) is 0 Å². The lowest BCUT2D eigenvalue weighted by Gasteiger charge is -2.16. The van der Waals surface area contributed by atoms with Crippen LogP contribution in [0.25, 0.3) is 11.1 Å². The molecule has 0 saturated heterocycles. The van der Waals surface area contributed by atoms with Crippen molar-refractivity contribution in [2.24, 2.45) is 0 Å². The second kappa shape index (κ2) is 4.58. The summed E-state index contributed by atoms with van der Waals surface area (Å²) in [5.74, 6) is -1.13. The van der Waals surface area contributed by atoms with E-state index in [-0.39, 0.29) is 11.2 Å². The first-order valence-corrected chi connectivity index (χ1v) is 6.71. The average Bonchev–Trinajstić information content (AvgIpc) is 2.70. The number of carbonyl (C=O) groups is 1. The average molecular weight is 286 g/mol. The van der Waals surface area contributed by atoms with Gasteiger partial charge in [0.15, 0.2) is 0 Å². The third-order valence-corrected chi connectivity index (χ3v) is 3.60. The topological polar surface area (TPSA) is 46.5 Å². The van der Waals surface area contributed by atoms with E-state index in [1.54, 1.807) is 6.07 Å². The Morgan fingerprint density at radius 2 is 1.86 bits per heavy atom. The monoisotopic (exact) mass is 286 g/mol. The third-order valence-electron chi connectivity index (χ3n) is 3.60. The van der Waals surface area contributed by atoms with Gasteiger partial charge in [-0.3, -0.25) is 0 Å². The summed E-state index contributed by atoms with van der Waals surface area (Å²) >= 11 is 0. The maximum atomic E-state index is 13.8. The van der Waals surface area contributed by atoms with Gasteiger partial charge in [0.2, 0.25) is 0 Å². The highest BCUT2D eigenvalue weighted by molar-refractivity contribution is 5.88. The number of carboxylic acid groups (broad SMARTS) is 1. The minimum atomic E-state index is -1.26. The summed E-state index contributed by atoms with van der Waals surface area (Å²) in [4.78, 5) is 10.8. The Labute approximate surface area is 122 Å². The molecule has 0 atom stereocenters. The van der Waals surface area contributed by atoms with Crippen molar-refractivity contribution in [1.29, 1.82) is 0 Å². The van der Waals surface area contributed by atoms with Crippen molar-refractivity contribution >= 4 is 5.97 Å². The molecule has 0 unspecified atom stereocenters. The zero-order valence-electron chi connectivity index (χ0n) is 11.8. The predicted octanol–water partition coefficient (Wildman–Crippen LogP) is 3.90. The summed E-state index contributed by atoms with van der Waals surface area (Å²) in [5, 5.41) is 8.86. The Balaban J connectivity index is 2.00. The normalized spacial score (nSPS) is 15.4. The summed E-state index contributed by atoms with van der Waals surface area (Å²) < 4.78 is 19.6. The number of hydrogen-bond donors (Lipinski definition) is 1. The highest BCUT2D eigenvalue weighted by atomic mass is 19.1. The Hall–Kier alpha value is -2.36. The van der Waals surface area contributed by atoms with E-state index in [1.807, 2.05) is 32.0 Å². The van der Waals surface area contributed by atoms with Crippen molar-refractivity contribution in [3.05, 3.63) is 53.3 Å². The number of rotatable bonds is 2. The van der Waals surface area contributed by atoms with E-state index < -0.39 is 11.8 Å².